The summed E-state index contributed by atoms with van der Waals surface area (Å²) in [6.07, 6.45) is 0.0571. The molecule has 0 aliphatic rings. The number of esters is 1. The van der Waals surface area contributed by atoms with Crippen molar-refractivity contribution in [3.8, 4) is 5.75 Å². The van der Waals surface area contributed by atoms with Crippen LogP contribution in [0.5, 0.6) is 5.75 Å². The molecule has 0 heterocycles. The zero-order valence-corrected chi connectivity index (χ0v) is 12.9. The van der Waals surface area contributed by atoms with E-state index in [0.717, 1.165) is 0 Å². The summed E-state index contributed by atoms with van der Waals surface area (Å²) in [6.45, 7) is 3.81. The molecule has 6 nitrogen and oxygen atoms in total. The molecule has 0 bridgehead atoms. The average molecular weight is 315 g/mol. The summed E-state index contributed by atoms with van der Waals surface area (Å²) in [5, 5.41) is 10.7. The molecule has 0 radical (unpaired) electrons. The van der Waals surface area contributed by atoms with Gasteiger partial charge in [-0.15, -0.1) is 0 Å². The molecular weight excluding hydrogens is 298 g/mol. The van der Waals surface area contributed by atoms with Crippen molar-refractivity contribution in [1.29, 1.82) is 0 Å². The van der Waals surface area contributed by atoms with Crippen molar-refractivity contribution in [1.82, 2.24) is 0 Å². The van der Waals surface area contributed by atoms with Crippen LogP contribution in [0.15, 0.2) is 48.5 Å². The van der Waals surface area contributed by atoms with Crippen LogP contribution in [0.3, 0.4) is 0 Å². The van der Waals surface area contributed by atoms with Gasteiger partial charge in [0, 0.05) is 12.1 Å². The van der Waals surface area contributed by atoms with E-state index < -0.39 is 10.9 Å². The predicted octanol–water partition coefficient (Wildman–Crippen LogP) is 3.74. The molecule has 2 aromatic carbocycles. The third-order valence-electron chi connectivity index (χ3n) is 2.95. The number of nitro benzene ring substituents is 1. The van der Waals surface area contributed by atoms with Gasteiger partial charge in [0.05, 0.1) is 16.6 Å². The fourth-order valence-corrected chi connectivity index (χ4v) is 1.93. The van der Waals surface area contributed by atoms with E-state index in [1.54, 1.807) is 36.4 Å². The van der Waals surface area contributed by atoms with E-state index in [1.165, 1.54) is 12.1 Å². The van der Waals surface area contributed by atoms with E-state index in [9.17, 15) is 14.9 Å². The molecule has 2 aromatic rings. The van der Waals surface area contributed by atoms with Crippen LogP contribution in [-0.4, -0.2) is 17.0 Å². The highest BCUT2D eigenvalue weighted by Crippen LogP contribution is 2.16. The first-order valence-corrected chi connectivity index (χ1v) is 7.13. The van der Waals surface area contributed by atoms with Gasteiger partial charge in [-0.3, -0.25) is 10.1 Å². The number of carbonyl (C=O) groups excluding carboxylic acids is 1. The zero-order chi connectivity index (χ0) is 16.8. The largest absolute Gasteiger partial charge is 0.491 e. The number of ether oxygens (including phenoxy) is 2. The van der Waals surface area contributed by atoms with Crippen LogP contribution < -0.4 is 4.74 Å². The highest BCUT2D eigenvalue weighted by Gasteiger charge is 2.10. The molecule has 0 N–H and O–H groups in total. The fourth-order valence-electron chi connectivity index (χ4n) is 1.93. The van der Waals surface area contributed by atoms with E-state index in [1.807, 2.05) is 13.8 Å². The number of nitro groups is 1. The van der Waals surface area contributed by atoms with Gasteiger partial charge in [0.2, 0.25) is 0 Å². The topological polar surface area (TPSA) is 78.7 Å². The van der Waals surface area contributed by atoms with Crippen molar-refractivity contribution in [2.45, 2.75) is 26.6 Å². The second kappa shape index (κ2) is 7.40. The minimum Gasteiger partial charge on any atom is -0.491 e. The van der Waals surface area contributed by atoms with Gasteiger partial charge >= 0.3 is 5.97 Å². The predicted molar refractivity (Wildman–Crippen MR) is 84.4 cm³/mol. The van der Waals surface area contributed by atoms with E-state index in [2.05, 4.69) is 0 Å². The summed E-state index contributed by atoms with van der Waals surface area (Å²) in [5.41, 5.74) is 0.924. The number of rotatable bonds is 6. The summed E-state index contributed by atoms with van der Waals surface area (Å²) in [6, 6.07) is 12.6. The Bertz CT molecular complexity index is 694. The third kappa shape index (κ3) is 4.81. The number of hydrogen-bond acceptors (Lipinski definition) is 5. The van der Waals surface area contributed by atoms with Gasteiger partial charge in [-0.05, 0) is 43.7 Å². The van der Waals surface area contributed by atoms with Crippen molar-refractivity contribution in [2.75, 3.05) is 0 Å². The van der Waals surface area contributed by atoms with Crippen molar-refractivity contribution in [3.63, 3.8) is 0 Å². The lowest BCUT2D eigenvalue weighted by molar-refractivity contribution is -0.384. The second-order valence-corrected chi connectivity index (χ2v) is 5.19. The maximum absolute atomic E-state index is 12.0. The molecule has 0 aliphatic carbocycles. The van der Waals surface area contributed by atoms with Gasteiger partial charge < -0.3 is 9.47 Å². The number of non-ortho nitro benzene ring substituents is 1. The Morgan fingerprint density at radius 3 is 2.48 bits per heavy atom. The Balaban J connectivity index is 1.96. The monoisotopic (exact) mass is 315 g/mol. The zero-order valence-electron chi connectivity index (χ0n) is 12.9. The molecule has 0 spiro atoms. The molecule has 0 saturated carbocycles. The molecule has 23 heavy (non-hydrogen) atoms. The lowest BCUT2D eigenvalue weighted by Crippen LogP contribution is -2.07. The molecule has 0 unspecified atom stereocenters. The summed E-state index contributed by atoms with van der Waals surface area (Å²) < 4.78 is 10.7. The Labute approximate surface area is 133 Å². The lowest BCUT2D eigenvalue weighted by atomic mass is 10.2. The Morgan fingerprint density at radius 1 is 1.17 bits per heavy atom. The lowest BCUT2D eigenvalue weighted by Gasteiger charge is -2.10. The van der Waals surface area contributed by atoms with Crippen LogP contribution in [0.2, 0.25) is 0 Å². The Hall–Kier alpha value is -2.89. The smallest absolute Gasteiger partial charge is 0.338 e. The van der Waals surface area contributed by atoms with Gasteiger partial charge in [-0.25, -0.2) is 4.79 Å². The van der Waals surface area contributed by atoms with Crippen molar-refractivity contribution < 1.29 is 19.2 Å². The van der Waals surface area contributed by atoms with E-state index in [4.69, 9.17) is 9.47 Å². The number of benzene rings is 2. The molecular formula is C17H17NO5. The summed E-state index contributed by atoms with van der Waals surface area (Å²) in [5.74, 6) is 0.183. The highest BCUT2D eigenvalue weighted by atomic mass is 16.6. The van der Waals surface area contributed by atoms with Crippen LogP contribution in [0.1, 0.15) is 29.8 Å². The fraction of sp³-hybridized carbons (Fsp3) is 0.235. The van der Waals surface area contributed by atoms with Gasteiger partial charge in [0.15, 0.2) is 0 Å². The highest BCUT2D eigenvalue weighted by molar-refractivity contribution is 5.89. The molecule has 0 aliphatic heterocycles. The normalized spacial score (nSPS) is 10.4. The Morgan fingerprint density at radius 2 is 1.87 bits per heavy atom. The molecule has 0 fully saturated rings. The van der Waals surface area contributed by atoms with Crippen molar-refractivity contribution >= 4 is 11.7 Å². The maximum Gasteiger partial charge on any atom is 0.338 e. The molecule has 0 amide bonds. The summed E-state index contributed by atoms with van der Waals surface area (Å²) in [4.78, 5) is 22.2. The molecule has 120 valence electrons. The molecule has 0 saturated heterocycles. The van der Waals surface area contributed by atoms with E-state index >= 15 is 0 Å². The van der Waals surface area contributed by atoms with Crippen LogP contribution in [0, 0.1) is 10.1 Å². The van der Waals surface area contributed by atoms with Crippen LogP contribution >= 0.6 is 0 Å². The first-order chi connectivity index (χ1) is 11.0. The van der Waals surface area contributed by atoms with Gasteiger partial charge in [0.25, 0.3) is 5.69 Å². The van der Waals surface area contributed by atoms with Gasteiger partial charge in [-0.1, -0.05) is 12.1 Å². The van der Waals surface area contributed by atoms with E-state index in [0.29, 0.717) is 16.9 Å². The first-order valence-electron chi connectivity index (χ1n) is 7.13. The maximum atomic E-state index is 12.0. The summed E-state index contributed by atoms with van der Waals surface area (Å²) >= 11 is 0. The SMILES string of the molecule is CC(C)Oc1ccc(C(=O)OCc2cccc([N+](=O)[O-])c2)cc1. The Kier molecular flexibility index (Phi) is 5.30. The standard InChI is InChI=1S/C17H17NO5/c1-12(2)23-16-8-6-14(7-9-16)17(19)22-11-13-4-3-5-15(10-13)18(20)21/h3-10,12H,11H2,1-2H3. The number of nitrogens with zero attached hydrogens (tertiary/aromatic N) is 1. The second-order valence-electron chi connectivity index (χ2n) is 5.19. The number of hydrogen-bond donors (Lipinski definition) is 0. The minimum absolute atomic E-state index is 0.0231. The van der Waals surface area contributed by atoms with Crippen LogP contribution in [0.25, 0.3) is 0 Å². The van der Waals surface area contributed by atoms with Gasteiger partial charge in [-0.2, -0.15) is 0 Å². The van der Waals surface area contributed by atoms with Crippen LogP contribution in [0.4, 0.5) is 5.69 Å². The summed E-state index contributed by atoms with van der Waals surface area (Å²) in [7, 11) is 0. The molecule has 0 aromatic heterocycles. The molecule has 6 heteroatoms. The minimum atomic E-state index is -0.493. The van der Waals surface area contributed by atoms with Crippen molar-refractivity contribution in [2.24, 2.45) is 0 Å². The molecule has 0 atom stereocenters. The number of carbonyl (C=O) groups is 1. The van der Waals surface area contributed by atoms with Crippen LogP contribution in [-0.2, 0) is 11.3 Å². The molecule has 2 rings (SSSR count). The quantitative estimate of drug-likeness (QED) is 0.461. The van der Waals surface area contributed by atoms with Gasteiger partial charge in [0.1, 0.15) is 12.4 Å². The van der Waals surface area contributed by atoms with Crippen molar-refractivity contribution in [3.05, 3.63) is 69.8 Å². The first kappa shape index (κ1) is 16.5. The average Bonchev–Trinajstić information content (AvgIpc) is 2.53. The third-order valence-corrected chi connectivity index (χ3v) is 2.95. The van der Waals surface area contributed by atoms with E-state index in [-0.39, 0.29) is 18.4 Å².